The molecule has 0 bridgehead atoms. The maximum Gasteiger partial charge on any atom is 0.262 e. The predicted octanol–water partition coefficient (Wildman–Crippen LogP) is 4.04. The Morgan fingerprint density at radius 2 is 1.71 bits per heavy atom. The van der Waals surface area contributed by atoms with Gasteiger partial charge in [-0.15, -0.1) is 0 Å². The van der Waals surface area contributed by atoms with Gasteiger partial charge in [0.15, 0.2) is 0 Å². The van der Waals surface area contributed by atoms with E-state index < -0.39 is 10.0 Å². The molecule has 0 saturated heterocycles. The van der Waals surface area contributed by atoms with E-state index in [9.17, 15) is 8.42 Å². The summed E-state index contributed by atoms with van der Waals surface area (Å²) < 4.78 is 27.5. The highest BCUT2D eigenvalue weighted by atomic mass is 79.9. The molecule has 0 aromatic heterocycles. The van der Waals surface area contributed by atoms with Crippen LogP contribution in [0.4, 0.5) is 5.69 Å². The molecule has 0 fully saturated rings. The highest BCUT2D eigenvalue weighted by Crippen LogP contribution is 2.20. The van der Waals surface area contributed by atoms with Crippen molar-refractivity contribution in [1.29, 1.82) is 0 Å². The second-order valence-electron chi connectivity index (χ2n) is 5.01. The lowest BCUT2D eigenvalue weighted by Gasteiger charge is -2.11. The van der Waals surface area contributed by atoms with Crippen molar-refractivity contribution >= 4 is 31.6 Å². The van der Waals surface area contributed by atoms with E-state index in [4.69, 9.17) is 0 Å². The van der Waals surface area contributed by atoms with Crippen LogP contribution >= 0.6 is 15.9 Å². The summed E-state index contributed by atoms with van der Waals surface area (Å²) >= 11 is 3.39. The van der Waals surface area contributed by atoms with E-state index in [1.807, 2.05) is 25.1 Å². The Bertz CT molecular complexity index is 724. The molecule has 0 saturated carbocycles. The Morgan fingerprint density at radius 3 is 2.29 bits per heavy atom. The van der Waals surface area contributed by atoms with E-state index in [0.717, 1.165) is 22.9 Å². The molecule has 0 amide bonds. The second kappa shape index (κ2) is 6.62. The first-order valence-electron chi connectivity index (χ1n) is 6.67. The fraction of sp³-hybridized carbons (Fsp3) is 0.250. The topological polar surface area (TPSA) is 46.2 Å². The average Bonchev–Trinajstić information content (AvgIpc) is 2.40. The number of hydrogen-bond donors (Lipinski definition) is 1. The summed E-state index contributed by atoms with van der Waals surface area (Å²) in [5.74, 6) is 0. The summed E-state index contributed by atoms with van der Waals surface area (Å²) in [6, 6.07) is 12.8. The number of nitrogens with one attached hydrogen (secondary N) is 1. The van der Waals surface area contributed by atoms with Gasteiger partial charge in [0.2, 0.25) is 0 Å². The third kappa shape index (κ3) is 4.08. The first-order valence-corrected chi connectivity index (χ1v) is 9.28. The second-order valence-corrected chi connectivity index (χ2v) is 7.45. The van der Waals surface area contributed by atoms with Crippen LogP contribution < -0.4 is 4.72 Å². The highest BCUT2D eigenvalue weighted by molar-refractivity contribution is 9.09. The van der Waals surface area contributed by atoms with Crippen LogP contribution in [0, 0.1) is 13.8 Å². The lowest BCUT2D eigenvalue weighted by molar-refractivity contribution is 0.600. The van der Waals surface area contributed by atoms with Crippen molar-refractivity contribution in [3.63, 3.8) is 0 Å². The standard InChI is InChI=1S/C16H18BrNO2S/c1-12-3-8-16(13(2)11-12)21(19,20)18-15-6-4-14(5-7-15)9-10-17/h3-8,11,18H,9-10H2,1-2H3. The summed E-state index contributed by atoms with van der Waals surface area (Å²) in [7, 11) is -3.55. The maximum atomic E-state index is 12.4. The lowest BCUT2D eigenvalue weighted by Crippen LogP contribution is -2.14. The van der Waals surface area contributed by atoms with Crippen molar-refractivity contribution in [3.8, 4) is 0 Å². The largest absolute Gasteiger partial charge is 0.280 e. The number of benzene rings is 2. The van der Waals surface area contributed by atoms with Crippen LogP contribution in [-0.2, 0) is 16.4 Å². The number of aryl methyl sites for hydroxylation is 3. The van der Waals surface area contributed by atoms with Crippen LogP contribution in [0.1, 0.15) is 16.7 Å². The molecule has 0 aliphatic rings. The van der Waals surface area contributed by atoms with Gasteiger partial charge in [0.05, 0.1) is 4.90 Å². The number of hydrogen-bond acceptors (Lipinski definition) is 2. The Kier molecular flexibility index (Phi) is 5.06. The van der Waals surface area contributed by atoms with Crippen LogP contribution in [0.15, 0.2) is 47.4 Å². The Morgan fingerprint density at radius 1 is 1.05 bits per heavy atom. The van der Waals surface area contributed by atoms with Gasteiger partial charge in [-0.3, -0.25) is 4.72 Å². The van der Waals surface area contributed by atoms with Crippen LogP contribution in [0.2, 0.25) is 0 Å². The molecule has 2 rings (SSSR count). The van der Waals surface area contributed by atoms with Gasteiger partial charge in [-0.25, -0.2) is 8.42 Å². The van der Waals surface area contributed by atoms with Crippen molar-refractivity contribution in [2.75, 3.05) is 10.1 Å². The number of rotatable bonds is 5. The summed E-state index contributed by atoms with van der Waals surface area (Å²) in [4.78, 5) is 0.317. The van der Waals surface area contributed by atoms with Crippen LogP contribution in [0.5, 0.6) is 0 Å². The van der Waals surface area contributed by atoms with E-state index in [0.29, 0.717) is 10.6 Å². The molecule has 3 nitrogen and oxygen atoms in total. The molecular weight excluding hydrogens is 350 g/mol. The molecule has 0 spiro atoms. The third-order valence-electron chi connectivity index (χ3n) is 3.21. The van der Waals surface area contributed by atoms with Gasteiger partial charge in [-0.1, -0.05) is 45.8 Å². The fourth-order valence-corrected chi connectivity index (χ4v) is 3.90. The molecule has 5 heteroatoms. The van der Waals surface area contributed by atoms with Crippen molar-refractivity contribution in [2.24, 2.45) is 0 Å². The van der Waals surface area contributed by atoms with Gasteiger partial charge in [0, 0.05) is 11.0 Å². The Balaban J connectivity index is 2.24. The Labute approximate surface area is 134 Å². The molecule has 1 N–H and O–H groups in total. The Hall–Kier alpha value is -1.33. The first-order chi connectivity index (χ1) is 9.92. The van der Waals surface area contributed by atoms with E-state index in [-0.39, 0.29) is 0 Å². The zero-order valence-electron chi connectivity index (χ0n) is 12.1. The predicted molar refractivity (Wildman–Crippen MR) is 90.7 cm³/mol. The first kappa shape index (κ1) is 16.0. The number of sulfonamides is 1. The van der Waals surface area contributed by atoms with Crippen molar-refractivity contribution < 1.29 is 8.42 Å². The van der Waals surface area contributed by atoms with Crippen LogP contribution in [-0.4, -0.2) is 13.7 Å². The smallest absolute Gasteiger partial charge is 0.262 e. The molecule has 112 valence electrons. The highest BCUT2D eigenvalue weighted by Gasteiger charge is 2.16. The molecule has 0 radical (unpaired) electrons. The molecule has 0 heterocycles. The summed E-state index contributed by atoms with van der Waals surface area (Å²) in [6.45, 7) is 3.75. The van der Waals surface area contributed by atoms with Gasteiger partial charge in [0.1, 0.15) is 0 Å². The monoisotopic (exact) mass is 367 g/mol. The molecule has 0 atom stereocenters. The van der Waals surface area contributed by atoms with Gasteiger partial charge in [0.25, 0.3) is 10.0 Å². The summed E-state index contributed by atoms with van der Waals surface area (Å²) in [6.07, 6.45) is 0.921. The molecule has 2 aromatic carbocycles. The molecule has 0 aliphatic carbocycles. The number of halogens is 1. The minimum Gasteiger partial charge on any atom is -0.280 e. The van der Waals surface area contributed by atoms with Crippen molar-refractivity contribution in [2.45, 2.75) is 25.2 Å². The van der Waals surface area contributed by atoms with Gasteiger partial charge in [-0.2, -0.15) is 0 Å². The van der Waals surface area contributed by atoms with Gasteiger partial charge < -0.3 is 0 Å². The normalized spacial score (nSPS) is 11.4. The van der Waals surface area contributed by atoms with E-state index >= 15 is 0 Å². The number of alkyl halides is 1. The molecule has 21 heavy (non-hydrogen) atoms. The van der Waals surface area contributed by atoms with Crippen LogP contribution in [0.3, 0.4) is 0 Å². The van der Waals surface area contributed by atoms with Crippen molar-refractivity contribution in [3.05, 3.63) is 59.2 Å². The molecule has 2 aromatic rings. The number of anilines is 1. The minimum absolute atomic E-state index is 0.317. The van der Waals surface area contributed by atoms with E-state index in [1.54, 1.807) is 31.2 Å². The zero-order chi connectivity index (χ0) is 15.5. The van der Waals surface area contributed by atoms with Gasteiger partial charge in [-0.05, 0) is 49.6 Å². The minimum atomic E-state index is -3.55. The quantitative estimate of drug-likeness (QED) is 0.810. The van der Waals surface area contributed by atoms with E-state index in [1.165, 1.54) is 5.56 Å². The maximum absolute atomic E-state index is 12.4. The fourth-order valence-electron chi connectivity index (χ4n) is 2.16. The molecule has 0 unspecified atom stereocenters. The van der Waals surface area contributed by atoms with Crippen LogP contribution in [0.25, 0.3) is 0 Å². The zero-order valence-corrected chi connectivity index (χ0v) is 14.5. The summed E-state index contributed by atoms with van der Waals surface area (Å²) in [5.41, 5.74) is 3.54. The molecule has 0 aliphatic heterocycles. The van der Waals surface area contributed by atoms with Crippen molar-refractivity contribution in [1.82, 2.24) is 0 Å². The van der Waals surface area contributed by atoms with Gasteiger partial charge >= 0.3 is 0 Å². The van der Waals surface area contributed by atoms with E-state index in [2.05, 4.69) is 20.7 Å². The SMILES string of the molecule is Cc1ccc(S(=O)(=O)Nc2ccc(CCBr)cc2)c(C)c1. The third-order valence-corrected chi connectivity index (χ3v) is 5.15. The lowest BCUT2D eigenvalue weighted by atomic mass is 10.2. The summed E-state index contributed by atoms with van der Waals surface area (Å²) in [5, 5.41) is 0.890. The molecular formula is C16H18BrNO2S. The average molecular weight is 368 g/mol.